The van der Waals surface area contributed by atoms with Gasteiger partial charge in [0.15, 0.2) is 5.76 Å². The van der Waals surface area contributed by atoms with Gasteiger partial charge in [0.05, 0.1) is 6.26 Å². The summed E-state index contributed by atoms with van der Waals surface area (Å²) in [5.41, 5.74) is 2.52. The zero-order valence-electron chi connectivity index (χ0n) is 11.0. The first-order valence-corrected chi connectivity index (χ1v) is 7.16. The van der Waals surface area contributed by atoms with Gasteiger partial charge in [-0.25, -0.2) is 4.68 Å². The van der Waals surface area contributed by atoms with Crippen molar-refractivity contribution in [2.45, 2.75) is 17.8 Å². The van der Waals surface area contributed by atoms with Gasteiger partial charge in [0.1, 0.15) is 0 Å². The van der Waals surface area contributed by atoms with Gasteiger partial charge in [-0.3, -0.25) is 0 Å². The van der Waals surface area contributed by atoms with Gasteiger partial charge in [0, 0.05) is 5.75 Å². The normalized spacial score (nSPS) is 10.8. The molecule has 0 bridgehead atoms. The second-order valence-electron chi connectivity index (χ2n) is 4.37. The molecule has 0 fully saturated rings. The Bertz CT molecular complexity index is 706. The van der Waals surface area contributed by atoms with Crippen LogP contribution < -0.4 is 5.84 Å². The van der Waals surface area contributed by atoms with Crippen LogP contribution in [0.2, 0.25) is 0 Å². The van der Waals surface area contributed by atoms with Gasteiger partial charge >= 0.3 is 0 Å². The molecule has 3 aromatic rings. The zero-order chi connectivity index (χ0) is 13.9. The van der Waals surface area contributed by atoms with E-state index in [1.54, 1.807) is 24.1 Å². The summed E-state index contributed by atoms with van der Waals surface area (Å²) in [7, 11) is 0. The summed E-state index contributed by atoms with van der Waals surface area (Å²) in [6.07, 6.45) is 1.59. The number of nitrogens with two attached hydrogens (primary N) is 1. The number of aromatic nitrogens is 3. The van der Waals surface area contributed by atoms with Crippen LogP contribution >= 0.6 is 11.8 Å². The van der Waals surface area contributed by atoms with Crippen molar-refractivity contribution in [2.75, 3.05) is 5.84 Å². The highest BCUT2D eigenvalue weighted by Crippen LogP contribution is 2.25. The van der Waals surface area contributed by atoms with Crippen LogP contribution in [-0.4, -0.2) is 14.9 Å². The minimum absolute atomic E-state index is 0.530. The van der Waals surface area contributed by atoms with E-state index in [-0.39, 0.29) is 0 Å². The third-order valence-electron chi connectivity index (χ3n) is 3.02. The number of furan rings is 1. The standard InChI is InChI=1S/C14H14N4OS/c1-10-5-2-3-6-11(10)9-20-14-17-16-13(18(14)15)12-7-4-8-19-12/h2-8H,9,15H2,1H3. The van der Waals surface area contributed by atoms with Crippen molar-refractivity contribution in [1.29, 1.82) is 0 Å². The first kappa shape index (κ1) is 12.8. The fourth-order valence-electron chi connectivity index (χ4n) is 1.86. The van der Waals surface area contributed by atoms with E-state index in [9.17, 15) is 0 Å². The molecule has 2 aromatic heterocycles. The number of nitrogen functional groups attached to an aromatic ring is 1. The highest BCUT2D eigenvalue weighted by molar-refractivity contribution is 7.98. The van der Waals surface area contributed by atoms with Gasteiger partial charge < -0.3 is 10.3 Å². The fraction of sp³-hybridized carbons (Fsp3) is 0.143. The quantitative estimate of drug-likeness (QED) is 0.590. The van der Waals surface area contributed by atoms with Crippen molar-refractivity contribution in [2.24, 2.45) is 0 Å². The number of aryl methyl sites for hydroxylation is 1. The summed E-state index contributed by atoms with van der Waals surface area (Å²) in [6, 6.07) is 11.9. The van der Waals surface area contributed by atoms with Gasteiger partial charge in [0.2, 0.25) is 11.0 Å². The third-order valence-corrected chi connectivity index (χ3v) is 4.02. The van der Waals surface area contributed by atoms with Crippen molar-refractivity contribution in [3.05, 3.63) is 53.8 Å². The van der Waals surface area contributed by atoms with Crippen molar-refractivity contribution in [3.8, 4) is 11.6 Å². The predicted octanol–water partition coefficient (Wildman–Crippen LogP) is 2.85. The number of thioether (sulfide) groups is 1. The van der Waals surface area contributed by atoms with Crippen LogP contribution in [0.15, 0.2) is 52.2 Å². The summed E-state index contributed by atoms with van der Waals surface area (Å²) >= 11 is 1.56. The van der Waals surface area contributed by atoms with Crippen LogP contribution in [0.3, 0.4) is 0 Å². The summed E-state index contributed by atoms with van der Waals surface area (Å²) in [4.78, 5) is 0. The predicted molar refractivity (Wildman–Crippen MR) is 78.6 cm³/mol. The van der Waals surface area contributed by atoms with Crippen LogP contribution in [0.1, 0.15) is 11.1 Å². The van der Waals surface area contributed by atoms with E-state index in [2.05, 4.69) is 29.3 Å². The van der Waals surface area contributed by atoms with Crippen LogP contribution in [0.25, 0.3) is 11.6 Å². The Morgan fingerprint density at radius 2 is 2.05 bits per heavy atom. The van der Waals surface area contributed by atoms with Gasteiger partial charge in [-0.2, -0.15) is 0 Å². The fourth-order valence-corrected chi connectivity index (χ4v) is 2.80. The zero-order valence-corrected chi connectivity index (χ0v) is 11.8. The van der Waals surface area contributed by atoms with Crippen molar-refractivity contribution < 1.29 is 4.42 Å². The van der Waals surface area contributed by atoms with Crippen LogP contribution in [0.4, 0.5) is 0 Å². The molecule has 0 saturated carbocycles. The molecule has 2 heterocycles. The Morgan fingerprint density at radius 1 is 1.20 bits per heavy atom. The van der Waals surface area contributed by atoms with E-state index in [0.29, 0.717) is 16.7 Å². The molecular weight excluding hydrogens is 272 g/mol. The molecule has 0 aliphatic rings. The minimum atomic E-state index is 0.530. The molecule has 2 N–H and O–H groups in total. The molecule has 0 unspecified atom stereocenters. The highest BCUT2D eigenvalue weighted by atomic mass is 32.2. The monoisotopic (exact) mass is 286 g/mol. The molecule has 0 amide bonds. The molecule has 5 nitrogen and oxygen atoms in total. The lowest BCUT2D eigenvalue weighted by Crippen LogP contribution is -2.11. The summed E-state index contributed by atoms with van der Waals surface area (Å²) in [5, 5.41) is 8.84. The molecule has 0 radical (unpaired) electrons. The van der Waals surface area contributed by atoms with Crippen LogP contribution in [-0.2, 0) is 5.75 Å². The van der Waals surface area contributed by atoms with E-state index < -0.39 is 0 Å². The first-order valence-electron chi connectivity index (χ1n) is 6.17. The van der Waals surface area contributed by atoms with E-state index >= 15 is 0 Å². The van der Waals surface area contributed by atoms with Crippen molar-refractivity contribution in [3.63, 3.8) is 0 Å². The Hall–Kier alpha value is -2.21. The molecule has 1 aromatic carbocycles. The molecule has 0 aliphatic heterocycles. The second-order valence-corrected chi connectivity index (χ2v) is 5.31. The Morgan fingerprint density at radius 3 is 2.80 bits per heavy atom. The van der Waals surface area contributed by atoms with E-state index in [1.807, 2.05) is 18.2 Å². The first-order chi connectivity index (χ1) is 9.75. The van der Waals surface area contributed by atoms with Crippen molar-refractivity contribution in [1.82, 2.24) is 14.9 Å². The number of rotatable bonds is 4. The average molecular weight is 286 g/mol. The summed E-state index contributed by atoms with van der Waals surface area (Å²) in [6.45, 7) is 2.09. The largest absolute Gasteiger partial charge is 0.461 e. The maximum Gasteiger partial charge on any atom is 0.218 e. The lowest BCUT2D eigenvalue weighted by atomic mass is 10.1. The molecular formula is C14H14N4OS. The Labute approximate surface area is 120 Å². The van der Waals surface area contributed by atoms with Gasteiger partial charge in [-0.15, -0.1) is 10.2 Å². The molecule has 3 rings (SSSR count). The topological polar surface area (TPSA) is 69.9 Å². The molecule has 0 atom stereocenters. The number of nitrogens with zero attached hydrogens (tertiary/aromatic N) is 3. The molecule has 0 saturated heterocycles. The minimum Gasteiger partial charge on any atom is -0.461 e. The number of hydrogen-bond donors (Lipinski definition) is 1. The van der Waals surface area contributed by atoms with E-state index in [0.717, 1.165) is 5.75 Å². The maximum absolute atomic E-state index is 6.01. The van der Waals surface area contributed by atoms with Gasteiger partial charge in [0.25, 0.3) is 0 Å². The molecule has 6 heteroatoms. The highest BCUT2D eigenvalue weighted by Gasteiger charge is 2.14. The van der Waals surface area contributed by atoms with Gasteiger partial charge in [-0.05, 0) is 30.2 Å². The van der Waals surface area contributed by atoms with Crippen LogP contribution in [0.5, 0.6) is 0 Å². The lowest BCUT2D eigenvalue weighted by Gasteiger charge is -2.05. The number of benzene rings is 1. The average Bonchev–Trinajstić information content (AvgIpc) is 3.08. The van der Waals surface area contributed by atoms with E-state index in [4.69, 9.17) is 10.3 Å². The summed E-state index contributed by atoms with van der Waals surface area (Å²) < 4.78 is 6.74. The molecule has 102 valence electrons. The number of hydrogen-bond acceptors (Lipinski definition) is 5. The second kappa shape index (κ2) is 5.42. The summed E-state index contributed by atoms with van der Waals surface area (Å²) in [5.74, 6) is 7.96. The van der Waals surface area contributed by atoms with Crippen molar-refractivity contribution >= 4 is 11.8 Å². The third kappa shape index (κ3) is 2.42. The van der Waals surface area contributed by atoms with Gasteiger partial charge in [-0.1, -0.05) is 36.0 Å². The van der Waals surface area contributed by atoms with Crippen LogP contribution in [0, 0.1) is 6.92 Å². The van der Waals surface area contributed by atoms with E-state index in [1.165, 1.54) is 15.8 Å². The Balaban J connectivity index is 1.78. The molecule has 0 aliphatic carbocycles. The molecule has 0 spiro atoms. The Kier molecular flexibility index (Phi) is 3.47. The molecule has 20 heavy (non-hydrogen) atoms. The smallest absolute Gasteiger partial charge is 0.218 e. The SMILES string of the molecule is Cc1ccccc1CSc1nnc(-c2ccco2)n1N. The maximum atomic E-state index is 6.01. The lowest BCUT2D eigenvalue weighted by molar-refractivity contribution is 0.574.